The van der Waals surface area contributed by atoms with Gasteiger partial charge in [-0.3, -0.25) is 24.5 Å². The van der Waals surface area contributed by atoms with Crippen LogP contribution < -0.4 is 9.62 Å². The van der Waals surface area contributed by atoms with Crippen molar-refractivity contribution in [3.8, 4) is 0 Å². The first kappa shape index (κ1) is 25.6. The third-order valence-corrected chi connectivity index (χ3v) is 8.97. The molecule has 0 atom stereocenters. The number of sulfonamides is 1. The highest BCUT2D eigenvalue weighted by molar-refractivity contribution is 7.93. The first-order valence-electron chi connectivity index (χ1n) is 11.1. The highest BCUT2D eigenvalue weighted by Crippen LogP contribution is 2.35. The van der Waals surface area contributed by atoms with Crippen molar-refractivity contribution in [2.45, 2.75) is 11.3 Å². The number of nitrogens with one attached hydrogen (secondary N) is 1. The second-order valence-corrected chi connectivity index (χ2v) is 11.4. The highest BCUT2D eigenvalue weighted by Gasteiger charge is 2.32. The van der Waals surface area contributed by atoms with Crippen molar-refractivity contribution >= 4 is 71.6 Å². The van der Waals surface area contributed by atoms with Crippen LogP contribution in [0, 0.1) is 10.1 Å². The van der Waals surface area contributed by atoms with Crippen LogP contribution in [0.3, 0.4) is 0 Å². The molecule has 0 spiro atoms. The molecule has 0 unspecified atom stereocenters. The lowest BCUT2D eigenvalue weighted by molar-refractivity contribution is -0.384. The van der Waals surface area contributed by atoms with Crippen molar-refractivity contribution in [1.82, 2.24) is 4.98 Å². The van der Waals surface area contributed by atoms with Gasteiger partial charge in [0.1, 0.15) is 4.90 Å². The van der Waals surface area contributed by atoms with Crippen LogP contribution in [0.25, 0.3) is 10.2 Å². The molecule has 38 heavy (non-hydrogen) atoms. The lowest BCUT2D eigenvalue weighted by Gasteiger charge is -2.20. The van der Waals surface area contributed by atoms with Crippen LogP contribution in [-0.2, 0) is 26.0 Å². The van der Waals surface area contributed by atoms with Gasteiger partial charge in [0.05, 0.1) is 31.4 Å². The van der Waals surface area contributed by atoms with Crippen LogP contribution >= 0.6 is 22.9 Å². The monoisotopic (exact) mass is 572 g/mol. The summed E-state index contributed by atoms with van der Waals surface area (Å²) in [4.78, 5) is 39.3. The number of ether oxygens (including phenoxy) is 1. The number of hydrogen-bond donors (Lipinski definition) is 1. The molecule has 0 radical (unpaired) electrons. The van der Waals surface area contributed by atoms with Gasteiger partial charge in [-0.05, 0) is 42.3 Å². The molecule has 0 aliphatic carbocycles. The number of anilines is 2. The summed E-state index contributed by atoms with van der Waals surface area (Å²) in [6.07, 6.45) is 0.551. The van der Waals surface area contributed by atoms with Crippen LogP contribution in [0.5, 0.6) is 0 Å². The van der Waals surface area contributed by atoms with Gasteiger partial charge in [-0.2, -0.15) is 0 Å². The molecule has 1 amide bonds. The average Bonchev–Trinajstić information content (AvgIpc) is 3.51. The van der Waals surface area contributed by atoms with Crippen molar-refractivity contribution < 1.29 is 27.7 Å². The Hall–Kier alpha value is -4.07. The number of nitro benzene ring substituents is 1. The van der Waals surface area contributed by atoms with Gasteiger partial charge < -0.3 is 4.74 Å². The molecular weight excluding hydrogens is 556 g/mol. The zero-order valence-electron chi connectivity index (χ0n) is 19.3. The van der Waals surface area contributed by atoms with E-state index in [1.54, 1.807) is 12.1 Å². The van der Waals surface area contributed by atoms with Gasteiger partial charge in [0, 0.05) is 18.7 Å². The largest absolute Gasteiger partial charge is 0.452 e. The number of esters is 1. The van der Waals surface area contributed by atoms with E-state index in [0.717, 1.165) is 23.0 Å². The van der Waals surface area contributed by atoms with E-state index in [2.05, 4.69) is 10.3 Å². The summed E-state index contributed by atoms with van der Waals surface area (Å²) < 4.78 is 33.6. The van der Waals surface area contributed by atoms with Crippen molar-refractivity contribution in [2.75, 3.05) is 22.8 Å². The number of carbonyl (C=O) groups is 2. The molecular formula is C24H17ClN4O7S2. The minimum Gasteiger partial charge on any atom is -0.452 e. The fourth-order valence-corrected chi connectivity index (χ4v) is 6.88. The fraction of sp³-hybridized carbons (Fsp3) is 0.125. The maximum atomic E-state index is 13.4. The summed E-state index contributed by atoms with van der Waals surface area (Å²) in [6, 6.07) is 15.0. The molecule has 0 fully saturated rings. The molecule has 14 heteroatoms. The summed E-state index contributed by atoms with van der Waals surface area (Å²) in [5.41, 5.74) is 1.70. The van der Waals surface area contributed by atoms with Crippen LogP contribution in [-0.4, -0.2) is 43.4 Å². The molecule has 0 saturated carbocycles. The third-order valence-electron chi connectivity index (χ3n) is 5.74. The van der Waals surface area contributed by atoms with Crippen molar-refractivity contribution in [2.24, 2.45) is 0 Å². The number of fused-ring (bicyclic) bond motifs is 2. The molecule has 5 rings (SSSR count). The number of carbonyl (C=O) groups excluding carboxylic acids is 2. The molecule has 194 valence electrons. The molecule has 0 saturated heterocycles. The normalized spacial score (nSPS) is 12.8. The van der Waals surface area contributed by atoms with E-state index >= 15 is 0 Å². The third kappa shape index (κ3) is 4.90. The van der Waals surface area contributed by atoms with Crippen LogP contribution in [0.1, 0.15) is 15.9 Å². The maximum Gasteiger partial charge on any atom is 0.338 e. The summed E-state index contributed by atoms with van der Waals surface area (Å²) in [5.74, 6) is -1.61. The molecule has 2 heterocycles. The van der Waals surface area contributed by atoms with E-state index in [0.29, 0.717) is 22.3 Å². The van der Waals surface area contributed by atoms with Gasteiger partial charge in [-0.25, -0.2) is 18.2 Å². The van der Waals surface area contributed by atoms with Crippen molar-refractivity contribution in [3.05, 3.63) is 86.9 Å². The Morgan fingerprint density at radius 2 is 1.95 bits per heavy atom. The van der Waals surface area contributed by atoms with E-state index in [1.165, 1.54) is 34.6 Å². The lowest BCUT2D eigenvalue weighted by atomic mass is 10.2. The summed E-state index contributed by atoms with van der Waals surface area (Å²) >= 11 is 7.23. The lowest BCUT2D eigenvalue weighted by Crippen LogP contribution is -2.29. The summed E-state index contributed by atoms with van der Waals surface area (Å²) in [6.45, 7) is -0.426. The molecule has 1 aliphatic rings. The summed E-state index contributed by atoms with van der Waals surface area (Å²) in [5, 5.41) is 13.5. The van der Waals surface area contributed by atoms with Crippen LogP contribution in [0.2, 0.25) is 5.02 Å². The van der Waals surface area contributed by atoms with Crippen molar-refractivity contribution in [1.29, 1.82) is 0 Å². The van der Waals surface area contributed by atoms with E-state index < -0.39 is 33.4 Å². The maximum absolute atomic E-state index is 13.4. The number of aromatic nitrogens is 1. The minimum atomic E-state index is -4.07. The van der Waals surface area contributed by atoms with E-state index in [4.69, 9.17) is 16.3 Å². The predicted octanol–water partition coefficient (Wildman–Crippen LogP) is 4.40. The molecule has 1 aliphatic heterocycles. The van der Waals surface area contributed by atoms with Gasteiger partial charge in [0.25, 0.3) is 21.6 Å². The van der Waals surface area contributed by atoms with Gasteiger partial charge in [0.15, 0.2) is 11.7 Å². The van der Waals surface area contributed by atoms with E-state index in [1.807, 2.05) is 12.1 Å². The molecule has 1 N–H and O–H groups in total. The molecule has 1 aromatic heterocycles. The number of halogens is 1. The molecule has 4 aromatic rings. The zero-order chi connectivity index (χ0) is 27.0. The Morgan fingerprint density at radius 3 is 2.74 bits per heavy atom. The Kier molecular flexibility index (Phi) is 6.73. The fourth-order valence-electron chi connectivity index (χ4n) is 3.95. The van der Waals surface area contributed by atoms with Crippen molar-refractivity contribution in [3.63, 3.8) is 0 Å². The van der Waals surface area contributed by atoms with Gasteiger partial charge >= 0.3 is 5.97 Å². The minimum absolute atomic E-state index is 0.0558. The number of non-ortho nitro benzene ring substituents is 1. The predicted molar refractivity (Wildman–Crippen MR) is 141 cm³/mol. The first-order chi connectivity index (χ1) is 18.1. The number of para-hydroxylation sites is 1. The smallest absolute Gasteiger partial charge is 0.338 e. The number of benzene rings is 3. The quantitative estimate of drug-likeness (QED) is 0.194. The Labute approximate surface area is 224 Å². The highest BCUT2D eigenvalue weighted by atomic mass is 35.5. The number of thiazole rings is 1. The van der Waals surface area contributed by atoms with E-state index in [-0.39, 0.29) is 32.8 Å². The Balaban J connectivity index is 1.27. The van der Waals surface area contributed by atoms with Gasteiger partial charge in [0.2, 0.25) is 0 Å². The summed E-state index contributed by atoms with van der Waals surface area (Å²) in [7, 11) is -4.07. The molecule has 0 bridgehead atoms. The zero-order valence-corrected chi connectivity index (χ0v) is 21.7. The van der Waals surface area contributed by atoms with Crippen LogP contribution in [0.4, 0.5) is 16.5 Å². The second-order valence-electron chi connectivity index (χ2n) is 8.15. The molecule has 3 aromatic carbocycles. The Bertz CT molecular complexity index is 1720. The number of amides is 1. The molecule has 11 nitrogen and oxygen atoms in total. The standard InChI is InChI=1S/C24H17ClN4O7S2/c25-17-7-5-15(11-21(17)38(34,35)28-10-9-14-3-1-2-4-19(14)28)23(31)36-13-22(30)27-24-26-18-8-6-16(29(32)33)12-20(18)37-24/h1-8,11-12H,9-10,13H2,(H,26,27,30). The first-order valence-corrected chi connectivity index (χ1v) is 13.7. The topological polar surface area (TPSA) is 149 Å². The van der Waals surface area contributed by atoms with Gasteiger partial charge in [-0.1, -0.05) is 41.1 Å². The Morgan fingerprint density at radius 1 is 1.16 bits per heavy atom. The second kappa shape index (κ2) is 10.0. The number of nitrogens with zero attached hydrogens (tertiary/aromatic N) is 3. The van der Waals surface area contributed by atoms with Crippen LogP contribution in [0.15, 0.2) is 65.6 Å². The number of hydrogen-bond acceptors (Lipinski definition) is 9. The number of rotatable bonds is 7. The van der Waals surface area contributed by atoms with E-state index in [9.17, 15) is 28.1 Å². The SMILES string of the molecule is O=C(COC(=O)c1ccc(Cl)c(S(=O)(=O)N2CCc3ccccc32)c1)Nc1nc2ccc([N+](=O)[O-])cc2s1. The van der Waals surface area contributed by atoms with Gasteiger partial charge in [-0.15, -0.1) is 0 Å². The number of nitro groups is 1. The average molecular weight is 573 g/mol.